The molecular weight excluding hydrogens is 400 g/mol. The summed E-state index contributed by atoms with van der Waals surface area (Å²) in [7, 11) is 2.03. The fraction of sp³-hybridized carbons (Fsp3) is 0.227. The molecule has 8 heteroatoms. The second kappa shape index (κ2) is 7.14. The average Bonchev–Trinajstić information content (AvgIpc) is 3.13. The molecule has 1 aliphatic heterocycles. The molecular formula is C22H20N4O3S. The Morgan fingerprint density at radius 1 is 1.17 bits per heavy atom. The van der Waals surface area contributed by atoms with Crippen molar-refractivity contribution in [1.29, 1.82) is 0 Å². The summed E-state index contributed by atoms with van der Waals surface area (Å²) in [5, 5.41) is 0.404. The largest absolute Gasteiger partial charge is 0.462 e. The monoisotopic (exact) mass is 420 g/mol. The lowest BCUT2D eigenvalue weighted by molar-refractivity contribution is 0.0527. The summed E-state index contributed by atoms with van der Waals surface area (Å²) in [6.07, 6.45) is 3.98. The van der Waals surface area contributed by atoms with E-state index < -0.39 is 5.97 Å². The molecule has 4 aromatic rings. The number of benzene rings is 1. The Bertz CT molecular complexity index is 1390. The number of thiazole rings is 1. The number of ether oxygens (including phenoxy) is 1. The van der Waals surface area contributed by atoms with Crippen molar-refractivity contribution in [3.8, 4) is 0 Å². The standard InChI is InChI=1S/C22H20N4O3S/c1-3-29-22(28)18-19(27)14-8-9-17(25-12-10-24(2)11-13-25)23-20(14)26-15-6-4-5-7-16(15)30-21(18)26/h4-10,12H,3,11,13H2,1-2H3. The second-order valence-electron chi connectivity index (χ2n) is 7.15. The molecule has 0 unspecified atom stereocenters. The van der Waals surface area contributed by atoms with Crippen molar-refractivity contribution in [1.82, 2.24) is 14.3 Å². The van der Waals surface area contributed by atoms with E-state index in [1.807, 2.05) is 54.2 Å². The van der Waals surface area contributed by atoms with Crippen molar-refractivity contribution in [2.24, 2.45) is 0 Å². The van der Waals surface area contributed by atoms with Gasteiger partial charge in [0.25, 0.3) is 0 Å². The molecule has 7 nitrogen and oxygen atoms in total. The summed E-state index contributed by atoms with van der Waals surface area (Å²) >= 11 is 1.40. The first-order valence-electron chi connectivity index (χ1n) is 9.78. The van der Waals surface area contributed by atoms with Crippen LogP contribution in [0.15, 0.2) is 53.6 Å². The number of pyridine rings is 2. The number of hydrogen-bond acceptors (Lipinski definition) is 7. The third kappa shape index (κ3) is 2.83. The predicted molar refractivity (Wildman–Crippen MR) is 119 cm³/mol. The summed E-state index contributed by atoms with van der Waals surface area (Å²) in [5.41, 5.74) is 1.18. The highest BCUT2D eigenvalue weighted by Gasteiger charge is 2.24. The van der Waals surface area contributed by atoms with Gasteiger partial charge in [-0.3, -0.25) is 9.20 Å². The molecule has 1 aliphatic rings. The van der Waals surface area contributed by atoms with E-state index in [2.05, 4.69) is 9.80 Å². The van der Waals surface area contributed by atoms with Crippen molar-refractivity contribution in [2.45, 2.75) is 6.92 Å². The van der Waals surface area contributed by atoms with E-state index in [1.54, 1.807) is 13.0 Å². The van der Waals surface area contributed by atoms with E-state index in [0.717, 1.165) is 29.1 Å². The zero-order chi connectivity index (χ0) is 20.8. The highest BCUT2D eigenvalue weighted by atomic mass is 32.1. The van der Waals surface area contributed by atoms with Crippen LogP contribution >= 0.6 is 11.3 Å². The van der Waals surface area contributed by atoms with Crippen LogP contribution in [-0.4, -0.2) is 47.0 Å². The first-order chi connectivity index (χ1) is 14.6. The Morgan fingerprint density at radius 2 is 2.00 bits per heavy atom. The van der Waals surface area contributed by atoms with Crippen LogP contribution in [0.5, 0.6) is 0 Å². The minimum atomic E-state index is -0.598. The Kier molecular flexibility index (Phi) is 4.43. The summed E-state index contributed by atoms with van der Waals surface area (Å²) in [5.74, 6) is 0.166. The van der Waals surface area contributed by atoms with Crippen LogP contribution in [0.3, 0.4) is 0 Å². The summed E-state index contributed by atoms with van der Waals surface area (Å²) in [6.45, 7) is 3.62. The summed E-state index contributed by atoms with van der Waals surface area (Å²) < 4.78 is 8.09. The number of aromatic nitrogens is 2. The minimum absolute atomic E-state index is 0.0691. The maximum absolute atomic E-state index is 13.3. The van der Waals surface area contributed by atoms with Gasteiger partial charge in [0.05, 0.1) is 22.2 Å². The summed E-state index contributed by atoms with van der Waals surface area (Å²) in [4.78, 5) is 35.5. The summed E-state index contributed by atoms with van der Waals surface area (Å²) in [6, 6.07) is 11.4. The molecule has 0 N–H and O–H groups in total. The molecule has 0 radical (unpaired) electrons. The average molecular weight is 420 g/mol. The highest BCUT2D eigenvalue weighted by molar-refractivity contribution is 7.24. The van der Waals surface area contributed by atoms with Gasteiger partial charge >= 0.3 is 5.97 Å². The maximum Gasteiger partial charge on any atom is 0.345 e. The van der Waals surface area contributed by atoms with Gasteiger partial charge in [-0.05, 0) is 31.2 Å². The highest BCUT2D eigenvalue weighted by Crippen LogP contribution is 2.31. The lowest BCUT2D eigenvalue weighted by Gasteiger charge is -2.28. The van der Waals surface area contributed by atoms with Crippen LogP contribution in [0.25, 0.3) is 26.1 Å². The number of esters is 1. The molecule has 0 saturated carbocycles. The predicted octanol–water partition coefficient (Wildman–Crippen LogP) is 3.46. The van der Waals surface area contributed by atoms with Gasteiger partial charge in [-0.1, -0.05) is 12.1 Å². The van der Waals surface area contributed by atoms with Gasteiger partial charge in [-0.25, -0.2) is 9.78 Å². The van der Waals surface area contributed by atoms with Gasteiger partial charge in [0.1, 0.15) is 16.2 Å². The molecule has 0 atom stereocenters. The van der Waals surface area contributed by atoms with Gasteiger partial charge < -0.3 is 14.5 Å². The topological polar surface area (TPSA) is 67.2 Å². The minimum Gasteiger partial charge on any atom is -0.462 e. The Labute approximate surface area is 176 Å². The number of nitrogens with zero attached hydrogens (tertiary/aromatic N) is 4. The Hall–Kier alpha value is -3.39. The molecule has 30 heavy (non-hydrogen) atoms. The molecule has 152 valence electrons. The van der Waals surface area contributed by atoms with E-state index in [-0.39, 0.29) is 17.6 Å². The molecule has 5 rings (SSSR count). The number of likely N-dealkylation sites (N-methyl/N-ethyl adjacent to an activating group) is 1. The van der Waals surface area contributed by atoms with Crippen LogP contribution in [0.4, 0.5) is 5.82 Å². The SMILES string of the molecule is CCOC(=O)c1c(=O)c2ccc(N3C=CN(C)CC3)nc2n2c1sc1ccccc12. The zero-order valence-electron chi connectivity index (χ0n) is 16.7. The second-order valence-corrected chi connectivity index (χ2v) is 8.18. The third-order valence-electron chi connectivity index (χ3n) is 5.24. The van der Waals surface area contributed by atoms with E-state index in [1.165, 1.54) is 11.3 Å². The third-order valence-corrected chi connectivity index (χ3v) is 6.39. The molecule has 3 aromatic heterocycles. The molecule has 0 amide bonds. The van der Waals surface area contributed by atoms with Gasteiger partial charge in [-0.2, -0.15) is 0 Å². The fourth-order valence-electron chi connectivity index (χ4n) is 3.72. The molecule has 1 aromatic carbocycles. The number of hydrogen-bond donors (Lipinski definition) is 0. The first-order valence-corrected chi connectivity index (χ1v) is 10.6. The van der Waals surface area contributed by atoms with Gasteiger partial charge in [0, 0.05) is 32.5 Å². The number of carbonyl (C=O) groups is 1. The molecule has 0 aliphatic carbocycles. The van der Waals surface area contributed by atoms with Crippen LogP contribution in [0.2, 0.25) is 0 Å². The quantitative estimate of drug-likeness (QED) is 0.473. The van der Waals surface area contributed by atoms with Crippen molar-refractivity contribution in [3.63, 3.8) is 0 Å². The normalized spacial score (nSPS) is 14.2. The van der Waals surface area contributed by atoms with Crippen LogP contribution < -0.4 is 10.3 Å². The van der Waals surface area contributed by atoms with E-state index in [9.17, 15) is 9.59 Å². The Balaban J connectivity index is 1.86. The zero-order valence-corrected chi connectivity index (χ0v) is 17.5. The smallest absolute Gasteiger partial charge is 0.345 e. The maximum atomic E-state index is 13.3. The molecule has 0 spiro atoms. The number of anilines is 1. The fourth-order valence-corrected chi connectivity index (χ4v) is 4.89. The Morgan fingerprint density at radius 3 is 2.77 bits per heavy atom. The van der Waals surface area contributed by atoms with Crippen LogP contribution in [-0.2, 0) is 4.74 Å². The van der Waals surface area contributed by atoms with E-state index >= 15 is 0 Å². The van der Waals surface area contributed by atoms with Gasteiger partial charge in [-0.15, -0.1) is 11.3 Å². The molecule has 4 heterocycles. The molecule has 0 fully saturated rings. The molecule has 0 bridgehead atoms. The lowest BCUT2D eigenvalue weighted by atomic mass is 10.2. The first kappa shape index (κ1) is 18.6. The van der Waals surface area contributed by atoms with Crippen molar-refractivity contribution >= 4 is 49.2 Å². The number of fused-ring (bicyclic) bond motifs is 5. The lowest BCUT2D eigenvalue weighted by Crippen LogP contribution is -2.33. The van der Waals surface area contributed by atoms with Gasteiger partial charge in [0.15, 0.2) is 5.65 Å². The van der Waals surface area contributed by atoms with E-state index in [0.29, 0.717) is 15.9 Å². The van der Waals surface area contributed by atoms with Crippen LogP contribution in [0, 0.1) is 0 Å². The molecule has 0 saturated heterocycles. The van der Waals surface area contributed by atoms with E-state index in [4.69, 9.17) is 9.72 Å². The number of rotatable bonds is 3. The van der Waals surface area contributed by atoms with Crippen molar-refractivity contribution < 1.29 is 9.53 Å². The number of para-hydroxylation sites is 1. The van der Waals surface area contributed by atoms with Gasteiger partial charge in [0.2, 0.25) is 5.43 Å². The van der Waals surface area contributed by atoms with Crippen molar-refractivity contribution in [3.05, 3.63) is 64.6 Å². The van der Waals surface area contributed by atoms with Crippen molar-refractivity contribution in [2.75, 3.05) is 31.6 Å². The van der Waals surface area contributed by atoms with Crippen LogP contribution in [0.1, 0.15) is 17.3 Å². The number of carbonyl (C=O) groups excluding carboxylic acids is 1.